The van der Waals surface area contributed by atoms with Gasteiger partial charge in [-0.1, -0.05) is 30.9 Å². The summed E-state index contributed by atoms with van der Waals surface area (Å²) in [5.74, 6) is 4.24. The minimum Gasteiger partial charge on any atom is -0.326 e. The Balaban J connectivity index is 1.88. The van der Waals surface area contributed by atoms with Gasteiger partial charge in [0.2, 0.25) is 0 Å². The van der Waals surface area contributed by atoms with E-state index in [-0.39, 0.29) is 40.6 Å². The monoisotopic (exact) mass is 654 g/mol. The van der Waals surface area contributed by atoms with Gasteiger partial charge in [-0.05, 0) is 112 Å². The number of aliphatic imine (C=N–C) groups is 1. The molecule has 4 nitrogen and oxygen atoms in total. The van der Waals surface area contributed by atoms with Crippen LogP contribution < -0.4 is 5.43 Å². The van der Waals surface area contributed by atoms with Crippen LogP contribution in [-0.4, -0.2) is 48.3 Å². The molecule has 2 heterocycles. The van der Waals surface area contributed by atoms with Gasteiger partial charge in [0, 0.05) is 42.1 Å². The molecule has 250 valence electrons. The third-order valence-corrected chi connectivity index (χ3v) is 9.08. The van der Waals surface area contributed by atoms with Gasteiger partial charge in [-0.15, -0.1) is 0 Å². The van der Waals surface area contributed by atoms with E-state index < -0.39 is 28.9 Å². The molecule has 2 aliphatic rings. The van der Waals surface area contributed by atoms with E-state index in [2.05, 4.69) is 40.5 Å². The van der Waals surface area contributed by atoms with Gasteiger partial charge in [0.15, 0.2) is 0 Å². The highest BCUT2D eigenvalue weighted by Gasteiger charge is 2.40. The smallest absolute Gasteiger partial charge is 0.326 e. The van der Waals surface area contributed by atoms with Crippen molar-refractivity contribution < 1.29 is 26.3 Å². The number of benzene rings is 2. The summed E-state index contributed by atoms with van der Waals surface area (Å²) in [6, 6.07) is 5.44. The molecule has 4 rings (SSSR count). The average Bonchev–Trinajstić information content (AvgIpc) is 3.41. The fourth-order valence-electron chi connectivity index (χ4n) is 6.41. The first-order valence-corrected chi connectivity index (χ1v) is 15.6. The zero-order valence-electron chi connectivity index (χ0n) is 26.8. The molecule has 0 aromatic heterocycles. The Hall–Kier alpha value is -4.07. The normalized spacial score (nSPS) is 20.1. The van der Waals surface area contributed by atoms with Gasteiger partial charge in [0.1, 0.15) is 11.6 Å². The van der Waals surface area contributed by atoms with Gasteiger partial charge in [-0.25, -0.2) is 18.2 Å². The van der Waals surface area contributed by atoms with Crippen LogP contribution in [0.25, 0.3) is 11.1 Å². The molecule has 0 bridgehead atoms. The van der Waals surface area contributed by atoms with Gasteiger partial charge in [0.05, 0.1) is 24.0 Å². The van der Waals surface area contributed by atoms with Crippen molar-refractivity contribution >= 4 is 17.9 Å². The van der Waals surface area contributed by atoms with E-state index in [4.69, 9.17) is 0 Å². The number of piperidine rings is 1. The Morgan fingerprint density at radius 1 is 1.04 bits per heavy atom. The van der Waals surface area contributed by atoms with E-state index in [1.807, 2.05) is 11.9 Å². The van der Waals surface area contributed by atoms with Crippen molar-refractivity contribution in [1.82, 2.24) is 15.3 Å². The fraction of sp³-hybridized carbons (Fsp3) is 0.378. The number of hydrogen-bond acceptors (Lipinski definition) is 4. The van der Waals surface area contributed by atoms with Crippen LogP contribution in [0.3, 0.4) is 0 Å². The number of nitrogens with one attached hydrogen (secondary N) is 1. The summed E-state index contributed by atoms with van der Waals surface area (Å²) in [6.45, 7) is 13.9. The standard InChI is InChI=1S/C37H40F6N4/c1-5-45-47-20-10-15-36(47,3)26(2)31(30-13-12-29(37(41,42)43)23-32(30)28(14-16-38)25-44-4)24-33-34(39)21-27(22-35(33)40)11-9-19-46-17-7-6-8-18-46/h5,12-14,16,21-23,25,45H,1,4,6-8,10,15,17-20,24H2,2-3H3/b16-14-,28-25+,31-26+. The van der Waals surface area contributed by atoms with E-state index in [9.17, 15) is 17.6 Å². The molecule has 2 aromatic carbocycles. The first-order chi connectivity index (χ1) is 22.4. The highest BCUT2D eigenvalue weighted by atomic mass is 19.4. The van der Waals surface area contributed by atoms with Gasteiger partial charge in [-0.3, -0.25) is 9.89 Å². The molecule has 2 aromatic rings. The second-order valence-corrected chi connectivity index (χ2v) is 12.0. The molecule has 1 N–H and O–H groups in total. The molecule has 0 spiro atoms. The number of halogens is 6. The van der Waals surface area contributed by atoms with Crippen LogP contribution in [0.4, 0.5) is 26.3 Å². The number of hydrazine groups is 1. The summed E-state index contributed by atoms with van der Waals surface area (Å²) in [5, 5.41) is 1.94. The van der Waals surface area contributed by atoms with Crippen molar-refractivity contribution in [3.05, 3.63) is 107 Å². The van der Waals surface area contributed by atoms with Crippen LogP contribution in [0.1, 0.15) is 73.8 Å². The maximum Gasteiger partial charge on any atom is 0.416 e. The van der Waals surface area contributed by atoms with Gasteiger partial charge in [0.25, 0.3) is 0 Å². The molecule has 2 saturated heterocycles. The summed E-state index contributed by atoms with van der Waals surface area (Å²) in [5.41, 5.74) is 2.68. The van der Waals surface area contributed by atoms with Crippen LogP contribution in [0.2, 0.25) is 0 Å². The van der Waals surface area contributed by atoms with Crippen molar-refractivity contribution in [1.29, 1.82) is 0 Å². The van der Waals surface area contributed by atoms with Crippen LogP contribution in [0, 0.1) is 23.5 Å². The molecule has 0 amide bonds. The van der Waals surface area contributed by atoms with Crippen molar-refractivity contribution in [3.8, 4) is 11.8 Å². The summed E-state index contributed by atoms with van der Waals surface area (Å²) < 4.78 is 86.9. The number of nitrogens with zero attached hydrogens (tertiary/aromatic N) is 3. The largest absolute Gasteiger partial charge is 0.416 e. The molecule has 1 atom stereocenters. The molecule has 10 heteroatoms. The predicted octanol–water partition coefficient (Wildman–Crippen LogP) is 8.86. The van der Waals surface area contributed by atoms with E-state index in [1.165, 1.54) is 30.8 Å². The zero-order chi connectivity index (χ0) is 34.2. The number of likely N-dealkylation sites (tertiary alicyclic amines) is 1. The Morgan fingerprint density at radius 3 is 2.36 bits per heavy atom. The molecule has 1 unspecified atom stereocenters. The highest BCUT2D eigenvalue weighted by Crippen LogP contribution is 2.43. The zero-order valence-corrected chi connectivity index (χ0v) is 26.8. The van der Waals surface area contributed by atoms with E-state index in [1.54, 1.807) is 6.92 Å². The van der Waals surface area contributed by atoms with Crippen LogP contribution in [0.15, 0.2) is 72.3 Å². The molecule has 2 fully saturated rings. The number of allylic oxidation sites excluding steroid dienone is 3. The number of hydrogen-bond donors (Lipinski definition) is 1. The quantitative estimate of drug-likeness (QED) is 0.120. The van der Waals surface area contributed by atoms with Gasteiger partial charge in [-0.2, -0.15) is 13.2 Å². The average molecular weight is 655 g/mol. The summed E-state index contributed by atoms with van der Waals surface area (Å²) in [4.78, 5) is 5.88. The lowest BCUT2D eigenvalue weighted by atomic mass is 9.80. The highest BCUT2D eigenvalue weighted by molar-refractivity contribution is 5.86. The Labute approximate surface area is 273 Å². The number of rotatable bonds is 10. The SMILES string of the molecule is C=CNN1CCCC1(C)/C(C)=C(\Cc1c(F)cc(C#CCN2CCCCC2)cc1F)c1ccc(C(F)(F)F)cc1C(/C=C\F)=C/N=C. The fourth-order valence-corrected chi connectivity index (χ4v) is 6.41. The van der Waals surface area contributed by atoms with Crippen molar-refractivity contribution in [2.45, 2.75) is 64.1 Å². The van der Waals surface area contributed by atoms with Crippen molar-refractivity contribution in [2.75, 3.05) is 26.2 Å². The lowest BCUT2D eigenvalue weighted by Gasteiger charge is -2.38. The third-order valence-electron chi connectivity index (χ3n) is 9.08. The lowest BCUT2D eigenvalue weighted by molar-refractivity contribution is -0.137. The maximum atomic E-state index is 15.8. The molecule has 47 heavy (non-hydrogen) atoms. The number of alkyl halides is 3. The van der Waals surface area contributed by atoms with Gasteiger partial charge < -0.3 is 5.43 Å². The van der Waals surface area contributed by atoms with E-state index in [0.717, 1.165) is 56.8 Å². The Bertz CT molecular complexity index is 1600. The Morgan fingerprint density at radius 2 is 1.74 bits per heavy atom. The first-order valence-electron chi connectivity index (χ1n) is 15.6. The van der Waals surface area contributed by atoms with Crippen LogP contribution >= 0.6 is 0 Å². The second kappa shape index (κ2) is 15.7. The molecule has 0 radical (unpaired) electrons. The summed E-state index contributed by atoms with van der Waals surface area (Å²) >= 11 is 0. The molecular formula is C37H40F6N4. The molecule has 0 aliphatic carbocycles. The Kier molecular flexibility index (Phi) is 11.9. The minimum atomic E-state index is -4.70. The summed E-state index contributed by atoms with van der Waals surface area (Å²) in [6.07, 6.45) is 3.64. The van der Waals surface area contributed by atoms with E-state index >= 15 is 8.78 Å². The predicted molar refractivity (Wildman–Crippen MR) is 177 cm³/mol. The minimum absolute atomic E-state index is 0.00631. The van der Waals surface area contributed by atoms with E-state index in [0.29, 0.717) is 30.7 Å². The van der Waals surface area contributed by atoms with Crippen LogP contribution in [0.5, 0.6) is 0 Å². The molecule has 2 aliphatic heterocycles. The van der Waals surface area contributed by atoms with Crippen molar-refractivity contribution in [2.24, 2.45) is 4.99 Å². The van der Waals surface area contributed by atoms with Gasteiger partial charge >= 0.3 is 6.18 Å². The van der Waals surface area contributed by atoms with Crippen LogP contribution in [-0.2, 0) is 12.6 Å². The first kappa shape index (κ1) is 35.8. The molecule has 0 saturated carbocycles. The lowest BCUT2D eigenvalue weighted by Crippen LogP contribution is -2.48. The summed E-state index contributed by atoms with van der Waals surface area (Å²) in [7, 11) is 0. The third kappa shape index (κ3) is 8.45. The topological polar surface area (TPSA) is 30.9 Å². The maximum absolute atomic E-state index is 15.8. The molecular weight excluding hydrogens is 614 g/mol. The second-order valence-electron chi connectivity index (χ2n) is 12.0. The van der Waals surface area contributed by atoms with Crippen molar-refractivity contribution in [3.63, 3.8) is 0 Å².